The van der Waals surface area contributed by atoms with Gasteiger partial charge in [0.1, 0.15) is 0 Å². The summed E-state index contributed by atoms with van der Waals surface area (Å²) >= 11 is 0. The number of hydrogen-bond acceptors (Lipinski definition) is 2. The SMILES string of the molecule is CCC(=O)N=C1C=CC(=O)C=C1. The number of aliphatic imine (C=N–C) groups is 1. The van der Waals surface area contributed by atoms with Crippen LogP contribution in [-0.4, -0.2) is 17.4 Å². The van der Waals surface area contributed by atoms with Crippen LogP contribution in [0, 0.1) is 0 Å². The number of ketones is 1. The van der Waals surface area contributed by atoms with E-state index in [-0.39, 0.29) is 11.7 Å². The van der Waals surface area contributed by atoms with Gasteiger partial charge in [0.25, 0.3) is 0 Å². The first kappa shape index (κ1) is 8.59. The van der Waals surface area contributed by atoms with Crippen LogP contribution in [0.15, 0.2) is 29.3 Å². The molecule has 0 saturated carbocycles. The van der Waals surface area contributed by atoms with Crippen LogP contribution in [0.25, 0.3) is 0 Å². The van der Waals surface area contributed by atoms with E-state index in [2.05, 4.69) is 4.99 Å². The Kier molecular flexibility index (Phi) is 2.69. The molecule has 0 fully saturated rings. The van der Waals surface area contributed by atoms with Crippen LogP contribution in [0.1, 0.15) is 13.3 Å². The molecule has 1 rings (SSSR count). The van der Waals surface area contributed by atoms with Gasteiger partial charge >= 0.3 is 0 Å². The molecule has 3 heteroatoms. The molecule has 0 aliphatic heterocycles. The molecule has 12 heavy (non-hydrogen) atoms. The third-order valence-corrected chi connectivity index (χ3v) is 1.39. The summed E-state index contributed by atoms with van der Waals surface area (Å²) in [5, 5.41) is 0. The number of carbonyl (C=O) groups excluding carboxylic acids is 2. The first-order chi connectivity index (χ1) is 5.72. The van der Waals surface area contributed by atoms with Gasteiger partial charge in [-0.3, -0.25) is 9.59 Å². The highest BCUT2D eigenvalue weighted by molar-refractivity contribution is 6.18. The van der Waals surface area contributed by atoms with Crippen molar-refractivity contribution in [3.63, 3.8) is 0 Å². The summed E-state index contributed by atoms with van der Waals surface area (Å²) in [4.78, 5) is 25.2. The fourth-order valence-corrected chi connectivity index (χ4v) is 0.744. The zero-order valence-corrected chi connectivity index (χ0v) is 6.78. The predicted octanol–water partition coefficient (Wildman–Crippen LogP) is 1.06. The molecule has 0 aromatic heterocycles. The molecule has 0 radical (unpaired) electrons. The minimum absolute atomic E-state index is 0.0714. The van der Waals surface area contributed by atoms with E-state index < -0.39 is 0 Å². The average molecular weight is 163 g/mol. The Labute approximate surface area is 70.5 Å². The van der Waals surface area contributed by atoms with Crippen LogP contribution >= 0.6 is 0 Å². The van der Waals surface area contributed by atoms with Crippen molar-refractivity contribution in [3.05, 3.63) is 24.3 Å². The zero-order valence-electron chi connectivity index (χ0n) is 6.78. The first-order valence-corrected chi connectivity index (χ1v) is 3.74. The second-order valence-corrected chi connectivity index (χ2v) is 2.35. The van der Waals surface area contributed by atoms with Crippen LogP contribution in [0.4, 0.5) is 0 Å². The van der Waals surface area contributed by atoms with Crippen molar-refractivity contribution in [1.29, 1.82) is 0 Å². The minimum Gasteiger partial charge on any atom is -0.290 e. The van der Waals surface area contributed by atoms with Gasteiger partial charge in [0, 0.05) is 6.42 Å². The van der Waals surface area contributed by atoms with Crippen LogP contribution in [0.2, 0.25) is 0 Å². The quantitative estimate of drug-likeness (QED) is 0.542. The Balaban J connectivity index is 2.73. The van der Waals surface area contributed by atoms with E-state index in [1.807, 2.05) is 0 Å². The van der Waals surface area contributed by atoms with E-state index in [0.717, 1.165) is 0 Å². The molecule has 0 N–H and O–H groups in total. The van der Waals surface area contributed by atoms with E-state index in [9.17, 15) is 9.59 Å². The molecule has 0 aromatic carbocycles. The van der Waals surface area contributed by atoms with Gasteiger partial charge in [-0.2, -0.15) is 0 Å². The standard InChI is InChI=1S/C9H9NO2/c1-2-9(12)10-7-3-5-8(11)6-4-7/h3-6H,2H2,1H3. The van der Waals surface area contributed by atoms with Gasteiger partial charge in [-0.15, -0.1) is 0 Å². The third kappa shape index (κ3) is 2.27. The van der Waals surface area contributed by atoms with Crippen molar-refractivity contribution in [2.75, 3.05) is 0 Å². The number of allylic oxidation sites excluding steroid dienone is 4. The van der Waals surface area contributed by atoms with Crippen molar-refractivity contribution in [2.24, 2.45) is 4.99 Å². The molecule has 0 heterocycles. The predicted molar refractivity (Wildman–Crippen MR) is 46.0 cm³/mol. The van der Waals surface area contributed by atoms with Gasteiger partial charge in [-0.1, -0.05) is 6.92 Å². The molecule has 0 bridgehead atoms. The second-order valence-electron chi connectivity index (χ2n) is 2.35. The second kappa shape index (κ2) is 3.76. The molecule has 0 unspecified atom stereocenters. The first-order valence-electron chi connectivity index (χ1n) is 3.74. The fraction of sp³-hybridized carbons (Fsp3) is 0.222. The summed E-state index contributed by atoms with van der Waals surface area (Å²) in [5.41, 5.74) is 0.543. The van der Waals surface area contributed by atoms with Crippen LogP contribution < -0.4 is 0 Å². The summed E-state index contributed by atoms with van der Waals surface area (Å²) in [7, 11) is 0. The van der Waals surface area contributed by atoms with Gasteiger partial charge in [-0.05, 0) is 24.3 Å². The Morgan fingerprint density at radius 1 is 1.33 bits per heavy atom. The molecule has 1 amide bonds. The maximum Gasteiger partial charge on any atom is 0.245 e. The number of nitrogens with zero attached hydrogens (tertiary/aromatic N) is 1. The molecule has 1 aliphatic rings. The number of hydrogen-bond donors (Lipinski definition) is 0. The number of amides is 1. The summed E-state index contributed by atoms with van der Waals surface area (Å²) in [6.07, 6.45) is 6.24. The lowest BCUT2D eigenvalue weighted by atomic mass is 10.1. The molecule has 0 spiro atoms. The lowest BCUT2D eigenvalue weighted by Crippen LogP contribution is -2.02. The van der Waals surface area contributed by atoms with Crippen LogP contribution in [-0.2, 0) is 9.59 Å². The smallest absolute Gasteiger partial charge is 0.245 e. The normalized spacial score (nSPS) is 15.1. The minimum atomic E-state index is -0.173. The molecule has 0 saturated heterocycles. The highest BCUT2D eigenvalue weighted by Gasteiger charge is 2.01. The maximum atomic E-state index is 10.8. The Bertz CT molecular complexity index is 280. The summed E-state index contributed by atoms with van der Waals surface area (Å²) in [6, 6.07) is 0. The van der Waals surface area contributed by atoms with Gasteiger partial charge in [0.2, 0.25) is 5.91 Å². The van der Waals surface area contributed by atoms with E-state index in [4.69, 9.17) is 0 Å². The van der Waals surface area contributed by atoms with E-state index in [1.165, 1.54) is 24.3 Å². The van der Waals surface area contributed by atoms with Crippen LogP contribution in [0.3, 0.4) is 0 Å². The zero-order chi connectivity index (χ0) is 8.97. The molecule has 3 nitrogen and oxygen atoms in total. The summed E-state index contributed by atoms with van der Waals surface area (Å²) in [5.74, 6) is -0.244. The van der Waals surface area contributed by atoms with E-state index in [0.29, 0.717) is 12.1 Å². The van der Waals surface area contributed by atoms with Crippen molar-refractivity contribution < 1.29 is 9.59 Å². The third-order valence-electron chi connectivity index (χ3n) is 1.39. The summed E-state index contributed by atoms with van der Waals surface area (Å²) in [6.45, 7) is 1.74. The van der Waals surface area contributed by atoms with Crippen molar-refractivity contribution in [3.8, 4) is 0 Å². The molecule has 62 valence electrons. The molecule has 0 atom stereocenters. The topological polar surface area (TPSA) is 46.5 Å². The van der Waals surface area contributed by atoms with Gasteiger partial charge in [0.05, 0.1) is 5.71 Å². The van der Waals surface area contributed by atoms with E-state index in [1.54, 1.807) is 6.92 Å². The highest BCUT2D eigenvalue weighted by Crippen LogP contribution is 1.96. The lowest BCUT2D eigenvalue weighted by Gasteiger charge is -1.96. The van der Waals surface area contributed by atoms with Gasteiger partial charge in [0.15, 0.2) is 5.78 Å². The average Bonchev–Trinajstić information content (AvgIpc) is 2.09. The van der Waals surface area contributed by atoms with Crippen molar-refractivity contribution >= 4 is 17.4 Å². The van der Waals surface area contributed by atoms with Gasteiger partial charge < -0.3 is 0 Å². The van der Waals surface area contributed by atoms with E-state index >= 15 is 0 Å². The van der Waals surface area contributed by atoms with Crippen molar-refractivity contribution in [2.45, 2.75) is 13.3 Å². The Morgan fingerprint density at radius 2 is 1.92 bits per heavy atom. The molecular formula is C9H9NO2. The van der Waals surface area contributed by atoms with Crippen molar-refractivity contribution in [1.82, 2.24) is 0 Å². The number of rotatable bonds is 1. The Hall–Kier alpha value is -1.51. The largest absolute Gasteiger partial charge is 0.290 e. The fourth-order valence-electron chi connectivity index (χ4n) is 0.744. The molecular weight excluding hydrogens is 154 g/mol. The Morgan fingerprint density at radius 3 is 2.42 bits per heavy atom. The highest BCUT2D eigenvalue weighted by atomic mass is 16.1. The monoisotopic (exact) mass is 163 g/mol. The van der Waals surface area contributed by atoms with Gasteiger partial charge in [-0.25, -0.2) is 4.99 Å². The van der Waals surface area contributed by atoms with Crippen LogP contribution in [0.5, 0.6) is 0 Å². The molecule has 1 aliphatic carbocycles. The maximum absolute atomic E-state index is 10.8. The number of carbonyl (C=O) groups is 2. The summed E-state index contributed by atoms with van der Waals surface area (Å²) < 4.78 is 0. The molecule has 0 aromatic rings. The lowest BCUT2D eigenvalue weighted by molar-refractivity contribution is -0.117.